The van der Waals surface area contributed by atoms with E-state index in [-0.39, 0.29) is 6.10 Å². The van der Waals surface area contributed by atoms with E-state index in [0.717, 1.165) is 11.4 Å². The Morgan fingerprint density at radius 3 is 2.68 bits per heavy atom. The Labute approximate surface area is 141 Å². The molecule has 22 heavy (non-hydrogen) atoms. The molecule has 2 aromatic rings. The van der Waals surface area contributed by atoms with E-state index in [4.69, 9.17) is 32.7 Å². The van der Waals surface area contributed by atoms with Gasteiger partial charge < -0.3 is 14.8 Å². The molecule has 0 aliphatic rings. The molecule has 5 heteroatoms. The highest BCUT2D eigenvalue weighted by Crippen LogP contribution is 2.28. The highest BCUT2D eigenvalue weighted by Gasteiger charge is 2.08. The van der Waals surface area contributed by atoms with Crippen LogP contribution in [0.5, 0.6) is 11.5 Å². The molecular formula is C17H19Cl2NO2. The lowest BCUT2D eigenvalue weighted by Gasteiger charge is -2.17. The number of ether oxygens (including phenoxy) is 2. The second-order valence-electron chi connectivity index (χ2n) is 4.84. The van der Waals surface area contributed by atoms with Gasteiger partial charge in [-0.3, -0.25) is 0 Å². The summed E-state index contributed by atoms with van der Waals surface area (Å²) in [6.45, 7) is 5.24. The first-order chi connectivity index (χ1) is 10.6. The van der Waals surface area contributed by atoms with E-state index in [1.807, 2.05) is 38.1 Å². The van der Waals surface area contributed by atoms with Gasteiger partial charge in [0.25, 0.3) is 0 Å². The minimum atomic E-state index is -0.0468. The smallest absolute Gasteiger partial charge is 0.138 e. The molecule has 0 saturated carbocycles. The van der Waals surface area contributed by atoms with Gasteiger partial charge >= 0.3 is 0 Å². The van der Waals surface area contributed by atoms with Gasteiger partial charge in [-0.2, -0.15) is 0 Å². The normalized spacial score (nSPS) is 11.8. The maximum absolute atomic E-state index is 6.10. The van der Waals surface area contributed by atoms with Crippen LogP contribution in [0.3, 0.4) is 0 Å². The number of hydrogen-bond acceptors (Lipinski definition) is 3. The lowest BCUT2D eigenvalue weighted by atomic mass is 10.3. The molecule has 3 nitrogen and oxygen atoms in total. The molecule has 0 unspecified atom stereocenters. The average molecular weight is 340 g/mol. The number of benzene rings is 2. The minimum absolute atomic E-state index is 0.0468. The first kappa shape index (κ1) is 16.8. The van der Waals surface area contributed by atoms with Crippen molar-refractivity contribution in [2.24, 2.45) is 0 Å². The number of hydrogen-bond donors (Lipinski definition) is 1. The van der Waals surface area contributed by atoms with Crippen LogP contribution in [0, 0.1) is 0 Å². The third-order valence-electron chi connectivity index (χ3n) is 2.96. The summed E-state index contributed by atoms with van der Waals surface area (Å²) in [7, 11) is 0. The molecule has 2 rings (SSSR count). The summed E-state index contributed by atoms with van der Waals surface area (Å²) in [5, 5.41) is 4.43. The van der Waals surface area contributed by atoms with Crippen LogP contribution in [0.4, 0.5) is 5.69 Å². The molecule has 0 aromatic heterocycles. The molecule has 0 aliphatic heterocycles. The van der Waals surface area contributed by atoms with Crippen molar-refractivity contribution in [2.45, 2.75) is 20.0 Å². The summed E-state index contributed by atoms with van der Waals surface area (Å²) >= 11 is 12.0. The lowest BCUT2D eigenvalue weighted by Crippen LogP contribution is -2.22. The number of anilines is 1. The quantitative estimate of drug-likeness (QED) is 0.745. The van der Waals surface area contributed by atoms with E-state index in [1.54, 1.807) is 18.2 Å². The van der Waals surface area contributed by atoms with E-state index in [1.165, 1.54) is 0 Å². The van der Waals surface area contributed by atoms with Gasteiger partial charge in [0.05, 0.1) is 18.2 Å². The molecule has 1 atom stereocenters. The predicted octanol–water partition coefficient (Wildman–Crippen LogP) is 5.27. The third kappa shape index (κ3) is 5.00. The van der Waals surface area contributed by atoms with Gasteiger partial charge in [0.2, 0.25) is 0 Å². The largest absolute Gasteiger partial charge is 0.494 e. The van der Waals surface area contributed by atoms with Gasteiger partial charge in [-0.1, -0.05) is 29.3 Å². The third-order valence-corrected chi connectivity index (χ3v) is 3.49. The van der Waals surface area contributed by atoms with E-state index in [9.17, 15) is 0 Å². The van der Waals surface area contributed by atoms with Crippen molar-refractivity contribution < 1.29 is 9.47 Å². The number of rotatable bonds is 7. The van der Waals surface area contributed by atoms with Crippen LogP contribution in [0.2, 0.25) is 10.0 Å². The molecule has 118 valence electrons. The van der Waals surface area contributed by atoms with Crippen LogP contribution in [0.1, 0.15) is 13.8 Å². The Balaban J connectivity index is 1.89. The Bertz CT molecular complexity index is 619. The Morgan fingerprint density at radius 1 is 1.14 bits per heavy atom. The standard InChI is InChI=1S/C17H19Cl2NO2/c1-3-21-15-6-4-5-14(10-15)20-11-12(2)22-17-8-7-13(18)9-16(17)19/h4-10,12,20H,3,11H2,1-2H3/t12-/m1/s1. The fraction of sp³-hybridized carbons (Fsp3) is 0.294. The van der Waals surface area contributed by atoms with Crippen molar-refractivity contribution in [3.8, 4) is 11.5 Å². The van der Waals surface area contributed by atoms with Crippen molar-refractivity contribution in [3.63, 3.8) is 0 Å². The Kier molecular flexibility index (Phi) is 6.22. The van der Waals surface area contributed by atoms with Gasteiger partial charge in [0.15, 0.2) is 0 Å². The fourth-order valence-electron chi connectivity index (χ4n) is 1.95. The molecule has 0 fully saturated rings. The summed E-state index contributed by atoms with van der Waals surface area (Å²) in [5.74, 6) is 1.48. The molecule has 0 amide bonds. The van der Waals surface area contributed by atoms with Crippen molar-refractivity contribution in [1.82, 2.24) is 0 Å². The van der Waals surface area contributed by atoms with Gasteiger partial charge in [0, 0.05) is 16.8 Å². The van der Waals surface area contributed by atoms with Crippen molar-refractivity contribution in [1.29, 1.82) is 0 Å². The van der Waals surface area contributed by atoms with E-state index >= 15 is 0 Å². The molecule has 0 aliphatic carbocycles. The molecule has 0 bridgehead atoms. The first-order valence-electron chi connectivity index (χ1n) is 7.17. The van der Waals surface area contributed by atoms with Gasteiger partial charge in [-0.25, -0.2) is 0 Å². The van der Waals surface area contributed by atoms with E-state index < -0.39 is 0 Å². The van der Waals surface area contributed by atoms with Crippen LogP contribution >= 0.6 is 23.2 Å². The first-order valence-corrected chi connectivity index (χ1v) is 7.92. The van der Waals surface area contributed by atoms with E-state index in [0.29, 0.717) is 28.9 Å². The monoisotopic (exact) mass is 339 g/mol. The molecule has 0 heterocycles. The molecule has 0 spiro atoms. The molecule has 0 radical (unpaired) electrons. The van der Waals surface area contributed by atoms with Crippen molar-refractivity contribution in [2.75, 3.05) is 18.5 Å². The summed E-state index contributed by atoms with van der Waals surface area (Å²) in [5.41, 5.74) is 0.989. The fourth-order valence-corrected chi connectivity index (χ4v) is 2.41. The van der Waals surface area contributed by atoms with Crippen LogP contribution < -0.4 is 14.8 Å². The minimum Gasteiger partial charge on any atom is -0.494 e. The Hall–Kier alpha value is -1.58. The molecular weight excluding hydrogens is 321 g/mol. The zero-order valence-electron chi connectivity index (χ0n) is 12.6. The summed E-state index contributed by atoms with van der Waals surface area (Å²) in [4.78, 5) is 0. The zero-order chi connectivity index (χ0) is 15.9. The Morgan fingerprint density at radius 2 is 1.95 bits per heavy atom. The average Bonchev–Trinajstić information content (AvgIpc) is 2.49. The lowest BCUT2D eigenvalue weighted by molar-refractivity contribution is 0.235. The maximum atomic E-state index is 6.10. The van der Waals surface area contributed by atoms with E-state index in [2.05, 4.69) is 5.32 Å². The van der Waals surface area contributed by atoms with Crippen LogP contribution in [-0.4, -0.2) is 19.3 Å². The predicted molar refractivity (Wildman–Crippen MR) is 92.7 cm³/mol. The van der Waals surface area contributed by atoms with Gasteiger partial charge in [-0.15, -0.1) is 0 Å². The van der Waals surface area contributed by atoms with Crippen LogP contribution in [0.15, 0.2) is 42.5 Å². The second kappa shape index (κ2) is 8.16. The zero-order valence-corrected chi connectivity index (χ0v) is 14.1. The molecule has 0 saturated heterocycles. The van der Waals surface area contributed by atoms with Crippen molar-refractivity contribution in [3.05, 3.63) is 52.5 Å². The van der Waals surface area contributed by atoms with Gasteiger partial charge in [0.1, 0.15) is 17.6 Å². The SMILES string of the molecule is CCOc1cccc(NC[C@@H](C)Oc2ccc(Cl)cc2Cl)c1. The topological polar surface area (TPSA) is 30.5 Å². The second-order valence-corrected chi connectivity index (χ2v) is 5.69. The van der Waals surface area contributed by atoms with Crippen LogP contribution in [-0.2, 0) is 0 Å². The van der Waals surface area contributed by atoms with Crippen LogP contribution in [0.25, 0.3) is 0 Å². The highest BCUT2D eigenvalue weighted by molar-refractivity contribution is 6.35. The summed E-state index contributed by atoms with van der Waals surface area (Å²) in [6.07, 6.45) is -0.0468. The molecule has 1 N–H and O–H groups in total. The highest BCUT2D eigenvalue weighted by atomic mass is 35.5. The molecule has 2 aromatic carbocycles. The maximum Gasteiger partial charge on any atom is 0.138 e. The summed E-state index contributed by atoms with van der Waals surface area (Å²) in [6, 6.07) is 13.0. The van der Waals surface area contributed by atoms with Crippen molar-refractivity contribution >= 4 is 28.9 Å². The summed E-state index contributed by atoms with van der Waals surface area (Å²) < 4.78 is 11.3. The van der Waals surface area contributed by atoms with Gasteiger partial charge in [-0.05, 0) is 44.2 Å². The number of nitrogens with one attached hydrogen (secondary N) is 1. The number of halogens is 2.